The number of alkyl carbamates (subject to hydrolysis) is 1. The second-order valence-electron chi connectivity index (χ2n) is 15.8. The third kappa shape index (κ3) is 7.97. The van der Waals surface area contributed by atoms with E-state index >= 15 is 0 Å². The summed E-state index contributed by atoms with van der Waals surface area (Å²) < 4.78 is 39.0. The quantitative estimate of drug-likeness (QED) is 0.396. The summed E-state index contributed by atoms with van der Waals surface area (Å²) in [5, 5.41) is 4.91. The van der Waals surface area contributed by atoms with E-state index in [0.29, 0.717) is 38.8 Å². The topological polar surface area (TPSA) is 181 Å². The van der Waals surface area contributed by atoms with E-state index in [-0.39, 0.29) is 31.9 Å². The zero-order valence-corrected chi connectivity index (χ0v) is 30.8. The first kappa shape index (κ1) is 36.9. The molecule has 2 saturated carbocycles. The lowest BCUT2D eigenvalue weighted by atomic mass is 9.85. The summed E-state index contributed by atoms with van der Waals surface area (Å²) in [6.45, 7) is 8.06. The van der Waals surface area contributed by atoms with Crippen LogP contribution >= 0.6 is 0 Å². The number of nitrogens with one attached hydrogen (secondary N) is 3. The summed E-state index contributed by atoms with van der Waals surface area (Å²) in [4.78, 5) is 71.5. The molecule has 280 valence electrons. The maximum Gasteiger partial charge on any atom is 0.410 e. The zero-order valence-electron chi connectivity index (χ0n) is 30.0. The maximum atomic E-state index is 14.4. The molecule has 5 atom stereocenters. The third-order valence-electron chi connectivity index (χ3n) is 11.0. The van der Waals surface area contributed by atoms with E-state index in [1.807, 2.05) is 19.1 Å². The smallest absolute Gasteiger partial charge is 0.410 e. The van der Waals surface area contributed by atoms with E-state index < -0.39 is 74.3 Å². The van der Waals surface area contributed by atoms with Crippen molar-refractivity contribution >= 4 is 39.9 Å². The van der Waals surface area contributed by atoms with Gasteiger partial charge in [-0.1, -0.05) is 65.2 Å². The number of carbonyl (C=O) groups is 5. The Morgan fingerprint density at radius 1 is 1.04 bits per heavy atom. The van der Waals surface area contributed by atoms with Crippen LogP contribution in [0.2, 0.25) is 0 Å². The number of cyclic esters (lactones) is 1. The van der Waals surface area contributed by atoms with Crippen LogP contribution in [0, 0.1) is 11.3 Å². The normalized spacial score (nSPS) is 29.1. The van der Waals surface area contributed by atoms with Gasteiger partial charge in [-0.05, 0) is 66.5 Å². The first-order valence-corrected chi connectivity index (χ1v) is 19.8. The molecule has 15 heteroatoms. The fourth-order valence-corrected chi connectivity index (χ4v) is 9.02. The van der Waals surface area contributed by atoms with Crippen LogP contribution in [0.15, 0.2) is 18.2 Å². The second-order valence-corrected chi connectivity index (χ2v) is 17.8. The lowest BCUT2D eigenvalue weighted by Gasteiger charge is -2.35. The van der Waals surface area contributed by atoms with Gasteiger partial charge in [0.1, 0.15) is 23.7 Å². The van der Waals surface area contributed by atoms with Crippen molar-refractivity contribution in [1.29, 1.82) is 0 Å². The van der Waals surface area contributed by atoms with Crippen LogP contribution in [-0.2, 0) is 53.4 Å². The highest BCUT2D eigenvalue weighted by atomic mass is 32.2. The molecule has 3 aliphatic heterocycles. The number of benzene rings is 1. The zero-order chi connectivity index (χ0) is 36.7. The van der Waals surface area contributed by atoms with Gasteiger partial charge in [0.05, 0.1) is 18.4 Å². The summed E-state index contributed by atoms with van der Waals surface area (Å²) in [5.74, 6) is -2.32. The van der Waals surface area contributed by atoms with E-state index in [0.717, 1.165) is 36.8 Å². The van der Waals surface area contributed by atoms with Gasteiger partial charge in [0, 0.05) is 19.5 Å². The molecule has 0 unspecified atom stereocenters. The Morgan fingerprint density at radius 2 is 1.76 bits per heavy atom. The molecule has 3 heterocycles. The summed E-state index contributed by atoms with van der Waals surface area (Å²) in [5.41, 5.74) is 1.10. The van der Waals surface area contributed by atoms with E-state index in [1.165, 1.54) is 10.5 Å². The molecule has 5 aliphatic rings. The molecule has 14 nitrogen and oxygen atoms in total. The number of rotatable bonds is 6. The predicted molar refractivity (Wildman–Crippen MR) is 185 cm³/mol. The van der Waals surface area contributed by atoms with E-state index in [4.69, 9.17) is 9.47 Å². The van der Waals surface area contributed by atoms with Gasteiger partial charge in [-0.25, -0.2) is 18.0 Å². The van der Waals surface area contributed by atoms with Crippen molar-refractivity contribution in [2.75, 3.05) is 13.2 Å². The Morgan fingerprint density at radius 3 is 2.45 bits per heavy atom. The Hall–Kier alpha value is -3.88. The molecule has 1 aromatic carbocycles. The average molecular weight is 730 g/mol. The van der Waals surface area contributed by atoms with Crippen molar-refractivity contribution in [3.05, 3.63) is 34.9 Å². The first-order valence-electron chi connectivity index (χ1n) is 18.3. The minimum absolute atomic E-state index is 0.0501. The van der Waals surface area contributed by atoms with Gasteiger partial charge >= 0.3 is 12.2 Å². The summed E-state index contributed by atoms with van der Waals surface area (Å²) in [6.07, 6.45) is 3.77. The molecule has 0 spiro atoms. The van der Waals surface area contributed by atoms with Crippen LogP contribution in [0.1, 0.15) is 102 Å². The molecule has 4 bridgehead atoms. The molecule has 3 N–H and O–H groups in total. The second kappa shape index (κ2) is 14.3. The van der Waals surface area contributed by atoms with Crippen LogP contribution < -0.4 is 15.4 Å². The summed E-state index contributed by atoms with van der Waals surface area (Å²) in [6, 6.07) is 3.82. The van der Waals surface area contributed by atoms with Gasteiger partial charge in [-0.15, -0.1) is 0 Å². The largest absolute Gasteiger partial charge is 0.450 e. The molecule has 2 aliphatic carbocycles. The van der Waals surface area contributed by atoms with E-state index in [1.54, 1.807) is 25.7 Å². The highest BCUT2D eigenvalue weighted by Gasteiger charge is 2.62. The molecular formula is C36H51N5O9S. The number of sulfonamides is 1. The maximum absolute atomic E-state index is 14.4. The Balaban J connectivity index is 1.26. The lowest BCUT2D eigenvalue weighted by molar-refractivity contribution is -0.143. The molecule has 3 fully saturated rings. The Bertz CT molecular complexity index is 1670. The molecule has 1 aromatic rings. The van der Waals surface area contributed by atoms with Gasteiger partial charge in [0.2, 0.25) is 21.8 Å². The Labute approximate surface area is 299 Å². The molecule has 51 heavy (non-hydrogen) atoms. The van der Waals surface area contributed by atoms with Gasteiger partial charge < -0.3 is 25.0 Å². The van der Waals surface area contributed by atoms with Crippen LogP contribution in [-0.4, -0.2) is 90.3 Å². The number of carbonyl (C=O) groups excluding carboxylic acids is 5. The molecule has 0 aromatic heterocycles. The molecule has 0 radical (unpaired) electrons. The van der Waals surface area contributed by atoms with Crippen molar-refractivity contribution < 1.29 is 41.9 Å². The number of hydrogen-bond donors (Lipinski definition) is 3. The first-order chi connectivity index (χ1) is 24.1. The van der Waals surface area contributed by atoms with Crippen molar-refractivity contribution in [2.24, 2.45) is 11.3 Å². The number of aryl methyl sites for hydroxylation is 1. The minimum atomic E-state index is -3.87. The number of ether oxygens (including phenoxy) is 2. The highest BCUT2D eigenvalue weighted by Crippen LogP contribution is 2.47. The van der Waals surface area contributed by atoms with Crippen molar-refractivity contribution in [3.8, 4) is 0 Å². The van der Waals surface area contributed by atoms with E-state index in [9.17, 15) is 32.4 Å². The van der Waals surface area contributed by atoms with Crippen LogP contribution in [0.25, 0.3) is 0 Å². The molecule has 1 saturated heterocycles. The van der Waals surface area contributed by atoms with Crippen LogP contribution in [0.4, 0.5) is 9.59 Å². The number of fused-ring (bicyclic) bond motifs is 3. The number of amides is 5. The average Bonchev–Trinajstić information content (AvgIpc) is 3.96. The summed E-state index contributed by atoms with van der Waals surface area (Å²) >= 11 is 0. The SMILES string of the molecule is CC[C@H]1C[C@]1(NC(=O)[C@@H]1C[C@@H]2CN1C(=O)[C@H](C(C)(C)C)NC(=O)OCCCCCCc1cccc3c1CN(C3)C(=O)O2)C(=O)NS(=O)(=O)C1CC1. The van der Waals surface area contributed by atoms with Gasteiger partial charge in [-0.2, -0.15) is 0 Å². The van der Waals surface area contributed by atoms with Crippen molar-refractivity contribution in [2.45, 2.75) is 134 Å². The monoisotopic (exact) mass is 729 g/mol. The van der Waals surface area contributed by atoms with Crippen LogP contribution in [0.5, 0.6) is 0 Å². The Kier molecular flexibility index (Phi) is 10.3. The summed E-state index contributed by atoms with van der Waals surface area (Å²) in [7, 11) is -3.87. The predicted octanol–water partition coefficient (Wildman–Crippen LogP) is 3.26. The lowest BCUT2D eigenvalue weighted by Crippen LogP contribution is -2.60. The fourth-order valence-electron chi connectivity index (χ4n) is 7.65. The number of nitrogens with zero attached hydrogens (tertiary/aromatic N) is 2. The standard InChI is InChI=1S/C36H51N5O9S/c1-5-24-18-36(24,32(44)39-51(47,48)26-14-15-26)38-30(42)28-17-25-20-41(28)31(43)29(35(2,3)4)37-33(45)49-16-9-7-6-8-11-22-12-10-13-23-19-40(21-27(22)23)34(46)50-25/h10,12-13,24-26,28-29H,5-9,11,14-21H2,1-4H3,(H,37,45)(H,38,42)(H,39,44)/t24-,25+,28-,29+,36+/m0/s1. The van der Waals surface area contributed by atoms with Crippen LogP contribution in [0.3, 0.4) is 0 Å². The van der Waals surface area contributed by atoms with Gasteiger partial charge in [0.15, 0.2) is 0 Å². The minimum Gasteiger partial charge on any atom is -0.450 e. The molecular weight excluding hydrogens is 678 g/mol. The van der Waals surface area contributed by atoms with Gasteiger partial charge in [0.25, 0.3) is 5.91 Å². The molecule has 6 rings (SSSR count). The third-order valence-corrected chi connectivity index (χ3v) is 12.8. The van der Waals surface area contributed by atoms with Crippen molar-refractivity contribution in [1.82, 2.24) is 25.2 Å². The van der Waals surface area contributed by atoms with Gasteiger partial charge in [-0.3, -0.25) is 24.0 Å². The highest BCUT2D eigenvalue weighted by molar-refractivity contribution is 7.91. The van der Waals surface area contributed by atoms with Crippen molar-refractivity contribution in [3.63, 3.8) is 0 Å². The molecule has 5 amide bonds. The number of hydrogen-bond acceptors (Lipinski definition) is 9. The van der Waals surface area contributed by atoms with E-state index in [2.05, 4.69) is 21.4 Å². The fraction of sp³-hybridized carbons (Fsp3) is 0.694.